The van der Waals surface area contributed by atoms with Crippen LogP contribution in [0.4, 0.5) is 4.79 Å². The topological polar surface area (TPSA) is 46.6 Å². The van der Waals surface area contributed by atoms with Crippen LogP contribution in [-0.4, -0.2) is 23.9 Å². The van der Waals surface area contributed by atoms with E-state index in [0.29, 0.717) is 13.2 Å². The van der Waals surface area contributed by atoms with Gasteiger partial charge in [0.05, 0.1) is 0 Å². The number of cyclic esters (lactones) is 1. The molecule has 8 heavy (non-hydrogen) atoms. The van der Waals surface area contributed by atoms with Crippen LogP contribution in [0.1, 0.15) is 0 Å². The molecular weight excluding hydrogens is 129 g/mol. The number of hydrogen-bond donors (Lipinski definition) is 0. The molecule has 0 spiro atoms. The minimum Gasteiger partial charge on any atom is -0.445 e. The number of rotatable bonds is 1. The molecule has 4 nitrogen and oxygen atoms in total. The molecule has 0 aliphatic carbocycles. The molecule has 1 atom stereocenters. The predicted molar refractivity (Wildman–Crippen MR) is 27.1 cm³/mol. The van der Waals surface area contributed by atoms with Crippen molar-refractivity contribution in [2.75, 3.05) is 13.2 Å². The van der Waals surface area contributed by atoms with E-state index in [4.69, 9.17) is 0 Å². The van der Waals surface area contributed by atoms with Crippen LogP contribution in [0.15, 0.2) is 0 Å². The molecule has 1 saturated heterocycles. The zero-order valence-corrected chi connectivity index (χ0v) is 5.09. The monoisotopic (exact) mass is 134 g/mol. The van der Waals surface area contributed by atoms with Crippen molar-refractivity contribution in [1.82, 2.24) is 4.67 Å². The molecule has 1 fully saturated rings. The summed E-state index contributed by atoms with van der Waals surface area (Å²) in [6, 6.07) is 0. The normalized spacial score (nSPS) is 19.5. The standard InChI is InChI=1S/C3H4NO3P/c5-3-4(8-6)1-2-7-3/h1-2H2/p+1. The van der Waals surface area contributed by atoms with Crippen molar-refractivity contribution in [1.29, 1.82) is 0 Å². The highest BCUT2D eigenvalue weighted by Crippen LogP contribution is 2.11. The van der Waals surface area contributed by atoms with E-state index in [2.05, 4.69) is 4.74 Å². The molecule has 0 bridgehead atoms. The van der Waals surface area contributed by atoms with Gasteiger partial charge in [-0.05, 0) is 4.57 Å². The Hall–Kier alpha value is -0.630. The number of amides is 1. The van der Waals surface area contributed by atoms with Crippen LogP contribution in [0, 0.1) is 0 Å². The first-order valence-electron chi connectivity index (χ1n) is 2.16. The van der Waals surface area contributed by atoms with Crippen molar-refractivity contribution in [2.45, 2.75) is 0 Å². The third-order valence-corrected chi connectivity index (χ3v) is 1.50. The lowest BCUT2D eigenvalue weighted by molar-refractivity contribution is 0.170. The lowest BCUT2D eigenvalue weighted by Crippen LogP contribution is -2.10. The molecule has 1 heterocycles. The van der Waals surface area contributed by atoms with Gasteiger partial charge in [-0.2, -0.15) is 0 Å². The van der Waals surface area contributed by atoms with Gasteiger partial charge in [0.25, 0.3) is 0 Å². The largest absolute Gasteiger partial charge is 0.454 e. The fourth-order valence-corrected chi connectivity index (χ4v) is 0.798. The molecule has 1 rings (SSSR count). The Kier molecular flexibility index (Phi) is 1.44. The second-order valence-electron chi connectivity index (χ2n) is 1.36. The van der Waals surface area contributed by atoms with Gasteiger partial charge >= 0.3 is 14.7 Å². The summed E-state index contributed by atoms with van der Waals surface area (Å²) in [5.74, 6) is 0. The summed E-state index contributed by atoms with van der Waals surface area (Å²) >= 11 is 0. The van der Waals surface area contributed by atoms with Crippen LogP contribution in [0.3, 0.4) is 0 Å². The van der Waals surface area contributed by atoms with E-state index < -0.39 is 14.7 Å². The van der Waals surface area contributed by atoms with E-state index in [9.17, 15) is 9.36 Å². The lowest BCUT2D eigenvalue weighted by atomic mass is 10.7. The maximum atomic E-state index is 10.3. The van der Waals surface area contributed by atoms with E-state index >= 15 is 0 Å². The van der Waals surface area contributed by atoms with E-state index in [1.807, 2.05) is 0 Å². The minimum absolute atomic E-state index is 0.369. The van der Waals surface area contributed by atoms with Gasteiger partial charge in [0.15, 0.2) is 0 Å². The summed E-state index contributed by atoms with van der Waals surface area (Å²) in [5, 5.41) is 0. The molecule has 0 saturated carbocycles. The minimum atomic E-state index is -0.699. The number of hydrogen-bond acceptors (Lipinski definition) is 3. The molecular formula is C3H5NO3P+. The zero-order chi connectivity index (χ0) is 5.98. The van der Waals surface area contributed by atoms with Gasteiger partial charge in [-0.25, -0.2) is 4.79 Å². The molecule has 0 aromatic carbocycles. The van der Waals surface area contributed by atoms with Crippen molar-refractivity contribution in [2.24, 2.45) is 0 Å². The first kappa shape index (κ1) is 5.51. The van der Waals surface area contributed by atoms with Crippen molar-refractivity contribution in [3.63, 3.8) is 0 Å². The quantitative estimate of drug-likeness (QED) is 0.487. The summed E-state index contributed by atoms with van der Waals surface area (Å²) in [6.07, 6.45) is -0.474. The van der Waals surface area contributed by atoms with Crippen molar-refractivity contribution < 1.29 is 14.1 Å². The molecule has 1 aliphatic rings. The highest BCUT2D eigenvalue weighted by molar-refractivity contribution is 7.21. The third kappa shape index (κ3) is 0.793. The molecule has 0 N–H and O–H groups in total. The van der Waals surface area contributed by atoms with Crippen LogP contribution >= 0.6 is 8.61 Å². The fraction of sp³-hybridized carbons (Fsp3) is 0.667. The lowest BCUT2D eigenvalue weighted by Gasteiger charge is -1.86. The van der Waals surface area contributed by atoms with Gasteiger partial charge in [0.1, 0.15) is 13.2 Å². The Balaban J connectivity index is 2.54. The fourth-order valence-electron chi connectivity index (χ4n) is 0.476. The van der Waals surface area contributed by atoms with Gasteiger partial charge in [-0.3, -0.25) is 0 Å². The average Bonchev–Trinajstić information content (AvgIpc) is 2.14. The van der Waals surface area contributed by atoms with E-state index in [1.165, 1.54) is 0 Å². The van der Waals surface area contributed by atoms with Gasteiger partial charge in [-0.1, -0.05) is 4.67 Å². The van der Waals surface area contributed by atoms with Crippen LogP contribution in [-0.2, 0) is 9.30 Å². The van der Waals surface area contributed by atoms with Crippen LogP contribution in [0.25, 0.3) is 0 Å². The summed E-state index contributed by atoms with van der Waals surface area (Å²) in [4.78, 5) is 10.3. The Morgan fingerprint density at radius 3 is 2.75 bits per heavy atom. The summed E-state index contributed by atoms with van der Waals surface area (Å²) < 4.78 is 15.6. The molecule has 1 aliphatic heterocycles. The molecule has 5 heteroatoms. The number of carbonyl (C=O) groups is 1. The highest BCUT2D eigenvalue weighted by Gasteiger charge is 2.27. The number of carbonyl (C=O) groups excluding carboxylic acids is 1. The first-order valence-corrected chi connectivity index (χ1v) is 3.02. The molecule has 0 aromatic rings. The summed E-state index contributed by atoms with van der Waals surface area (Å²) in [7, 11) is -0.699. The first-order chi connectivity index (χ1) is 3.84. The Bertz CT molecular complexity index is 126. The molecule has 0 aromatic heterocycles. The highest BCUT2D eigenvalue weighted by atomic mass is 31.1. The second kappa shape index (κ2) is 2.09. The number of ether oxygens (including phenoxy) is 1. The SMILES string of the molecule is O=[PH+]N1CCOC1=O. The predicted octanol–water partition coefficient (Wildman–Crippen LogP) is 0.378. The maximum Gasteiger partial charge on any atom is 0.454 e. The summed E-state index contributed by atoms with van der Waals surface area (Å²) in [5.41, 5.74) is 0. The molecule has 0 radical (unpaired) electrons. The smallest absolute Gasteiger partial charge is 0.445 e. The van der Waals surface area contributed by atoms with Crippen molar-refractivity contribution in [3.8, 4) is 0 Å². The number of nitrogens with zero attached hydrogens (tertiary/aromatic N) is 1. The van der Waals surface area contributed by atoms with Crippen molar-refractivity contribution >= 4 is 14.7 Å². The van der Waals surface area contributed by atoms with E-state index in [1.54, 1.807) is 0 Å². The summed E-state index contributed by atoms with van der Waals surface area (Å²) in [6.45, 7) is 0.828. The maximum absolute atomic E-state index is 10.3. The molecule has 1 unspecified atom stereocenters. The van der Waals surface area contributed by atoms with Crippen LogP contribution in [0.5, 0.6) is 0 Å². The van der Waals surface area contributed by atoms with Gasteiger partial charge in [0, 0.05) is 0 Å². The van der Waals surface area contributed by atoms with Gasteiger partial charge in [-0.15, -0.1) is 0 Å². The molecule has 44 valence electrons. The Labute approximate surface area is 47.7 Å². The van der Waals surface area contributed by atoms with Crippen molar-refractivity contribution in [3.05, 3.63) is 0 Å². The zero-order valence-electron chi connectivity index (χ0n) is 4.09. The van der Waals surface area contributed by atoms with Crippen LogP contribution in [0.2, 0.25) is 0 Å². The van der Waals surface area contributed by atoms with Gasteiger partial charge in [0.2, 0.25) is 0 Å². The Morgan fingerprint density at radius 2 is 2.50 bits per heavy atom. The van der Waals surface area contributed by atoms with Crippen LogP contribution < -0.4 is 0 Å². The second-order valence-corrected chi connectivity index (χ2v) is 2.08. The van der Waals surface area contributed by atoms with E-state index in [0.717, 1.165) is 4.67 Å². The average molecular weight is 134 g/mol. The third-order valence-electron chi connectivity index (χ3n) is 0.871. The van der Waals surface area contributed by atoms with E-state index in [-0.39, 0.29) is 0 Å². The molecule has 1 amide bonds. The Morgan fingerprint density at radius 1 is 1.75 bits per heavy atom. The van der Waals surface area contributed by atoms with Gasteiger partial charge < -0.3 is 4.74 Å².